The Balaban J connectivity index is 1.09. The van der Waals surface area contributed by atoms with Crippen LogP contribution in [0.4, 0.5) is 8.78 Å². The van der Waals surface area contributed by atoms with Crippen LogP contribution in [0.2, 0.25) is 0 Å². The first-order valence-electron chi connectivity index (χ1n) is 12.9. The molecule has 0 amide bonds. The standard InChI is InChI=1S/C24H30F2O10S/c1-2-23(34-21(29)24(25,26)37-36-35-30)13-3-11-4-14(23)9-22(7-11,8-13)31-10-17(27)32-18-12-5-15-16(6-12)20(28)33-19(15)18/h11-16,18-19,30H,2-10H2,1H3. The topological polar surface area (TPSA) is 127 Å². The average molecular weight is 549 g/mol. The molecule has 10 nitrogen and oxygen atoms in total. The molecule has 6 bridgehead atoms. The first-order chi connectivity index (χ1) is 17.6. The van der Waals surface area contributed by atoms with Crippen LogP contribution in [0.5, 0.6) is 0 Å². The van der Waals surface area contributed by atoms with Crippen LogP contribution in [-0.2, 0) is 42.7 Å². The Morgan fingerprint density at radius 1 is 1.16 bits per heavy atom. The predicted molar refractivity (Wildman–Crippen MR) is 118 cm³/mol. The summed E-state index contributed by atoms with van der Waals surface area (Å²) < 4.78 is 55.1. The van der Waals surface area contributed by atoms with Crippen LogP contribution in [0.25, 0.3) is 0 Å². The summed E-state index contributed by atoms with van der Waals surface area (Å²) in [5.74, 6) is -2.32. The minimum atomic E-state index is -4.06. The normalized spacial score (nSPS) is 44.8. The molecule has 0 aromatic heterocycles. The maximum Gasteiger partial charge on any atom is 0.415 e. The molecule has 0 spiro atoms. The third-order valence-electron chi connectivity index (χ3n) is 9.93. The molecule has 1 aliphatic heterocycles. The van der Waals surface area contributed by atoms with Gasteiger partial charge in [-0.05, 0) is 57.3 Å². The van der Waals surface area contributed by atoms with Crippen molar-refractivity contribution in [1.82, 2.24) is 0 Å². The number of halogens is 2. The van der Waals surface area contributed by atoms with Crippen LogP contribution in [0.15, 0.2) is 0 Å². The minimum absolute atomic E-state index is 0.0600. The lowest BCUT2D eigenvalue weighted by molar-refractivity contribution is -0.433. The van der Waals surface area contributed by atoms with E-state index in [1.165, 1.54) is 0 Å². The number of fused-ring (bicyclic) bond motifs is 1. The highest BCUT2D eigenvalue weighted by Crippen LogP contribution is 2.63. The quantitative estimate of drug-likeness (QED) is 0.142. The molecule has 6 saturated carbocycles. The van der Waals surface area contributed by atoms with E-state index in [2.05, 4.69) is 9.37 Å². The molecule has 1 N–H and O–H groups in total. The highest BCUT2D eigenvalue weighted by atomic mass is 32.2. The van der Waals surface area contributed by atoms with Crippen molar-refractivity contribution in [3.05, 3.63) is 0 Å². The number of hydrogen-bond acceptors (Lipinski definition) is 11. The van der Waals surface area contributed by atoms with E-state index in [9.17, 15) is 23.2 Å². The van der Waals surface area contributed by atoms with E-state index in [0.29, 0.717) is 25.7 Å². The Morgan fingerprint density at radius 2 is 1.89 bits per heavy atom. The average Bonchev–Trinajstić information content (AvgIpc) is 3.49. The third kappa shape index (κ3) is 4.07. The molecule has 13 heteroatoms. The highest BCUT2D eigenvalue weighted by molar-refractivity contribution is 7.96. The first kappa shape index (κ1) is 25.7. The summed E-state index contributed by atoms with van der Waals surface area (Å²) in [7, 11) is 0. The Hall–Kier alpha value is -1.54. The summed E-state index contributed by atoms with van der Waals surface area (Å²) in [4.78, 5) is 37.1. The zero-order chi connectivity index (χ0) is 26.2. The van der Waals surface area contributed by atoms with Crippen LogP contribution >= 0.6 is 12.0 Å². The summed E-state index contributed by atoms with van der Waals surface area (Å²) in [6.07, 6.45) is 4.29. The second kappa shape index (κ2) is 9.00. The molecular weight excluding hydrogens is 518 g/mol. The van der Waals surface area contributed by atoms with Gasteiger partial charge in [-0.15, -0.1) is 4.33 Å². The van der Waals surface area contributed by atoms with Gasteiger partial charge in [0.1, 0.15) is 36.5 Å². The van der Waals surface area contributed by atoms with E-state index in [1.807, 2.05) is 6.92 Å². The van der Waals surface area contributed by atoms with E-state index in [-0.39, 0.29) is 54.2 Å². The largest absolute Gasteiger partial charge is 0.458 e. The second-order valence-electron chi connectivity index (χ2n) is 11.6. The number of esters is 3. The van der Waals surface area contributed by atoms with Crippen LogP contribution in [0, 0.1) is 35.5 Å². The zero-order valence-corrected chi connectivity index (χ0v) is 21.1. The number of rotatable bonds is 10. The van der Waals surface area contributed by atoms with Gasteiger partial charge in [0.2, 0.25) is 0 Å². The van der Waals surface area contributed by atoms with E-state index in [1.54, 1.807) is 0 Å². The van der Waals surface area contributed by atoms with Gasteiger partial charge in [-0.25, -0.2) is 14.8 Å². The second-order valence-corrected chi connectivity index (χ2v) is 12.4. The maximum atomic E-state index is 14.2. The molecule has 7 fully saturated rings. The van der Waals surface area contributed by atoms with Gasteiger partial charge in [0.15, 0.2) is 0 Å². The number of ether oxygens (including phenoxy) is 4. The van der Waals surface area contributed by atoms with Crippen LogP contribution in [0.3, 0.4) is 0 Å². The lowest BCUT2D eigenvalue weighted by atomic mass is 9.47. The Kier molecular flexibility index (Phi) is 6.26. The van der Waals surface area contributed by atoms with Crippen molar-refractivity contribution in [2.45, 2.75) is 87.0 Å². The van der Waals surface area contributed by atoms with Gasteiger partial charge in [0.25, 0.3) is 0 Å². The van der Waals surface area contributed by atoms with E-state index in [0.717, 1.165) is 25.7 Å². The van der Waals surface area contributed by atoms with E-state index < -0.39 is 46.5 Å². The van der Waals surface area contributed by atoms with E-state index >= 15 is 0 Å². The van der Waals surface area contributed by atoms with Gasteiger partial charge in [0.05, 0.1) is 11.5 Å². The Labute approximate surface area is 216 Å². The maximum absolute atomic E-state index is 14.2. The van der Waals surface area contributed by atoms with Crippen LogP contribution < -0.4 is 0 Å². The fourth-order valence-electron chi connectivity index (χ4n) is 8.77. The Bertz CT molecular complexity index is 961. The molecule has 206 valence electrons. The molecule has 0 radical (unpaired) electrons. The van der Waals surface area contributed by atoms with Gasteiger partial charge in [-0.3, -0.25) is 4.79 Å². The summed E-state index contributed by atoms with van der Waals surface area (Å²) in [5.41, 5.74) is -1.68. The van der Waals surface area contributed by atoms with Crippen molar-refractivity contribution in [2.75, 3.05) is 6.61 Å². The van der Waals surface area contributed by atoms with Crippen LogP contribution in [0.1, 0.15) is 58.3 Å². The molecule has 7 rings (SSSR count). The van der Waals surface area contributed by atoms with Gasteiger partial charge in [0, 0.05) is 23.7 Å². The first-order valence-corrected chi connectivity index (χ1v) is 13.6. The Morgan fingerprint density at radius 3 is 2.57 bits per heavy atom. The smallest absolute Gasteiger partial charge is 0.415 e. The van der Waals surface area contributed by atoms with Gasteiger partial charge >= 0.3 is 23.2 Å². The number of carbonyl (C=O) groups is 3. The zero-order valence-electron chi connectivity index (χ0n) is 20.3. The molecule has 7 unspecified atom stereocenters. The number of alkyl halides is 2. The van der Waals surface area contributed by atoms with Crippen molar-refractivity contribution in [2.24, 2.45) is 35.5 Å². The molecule has 7 aliphatic rings. The van der Waals surface area contributed by atoms with Gasteiger partial charge < -0.3 is 18.9 Å². The third-order valence-corrected chi connectivity index (χ3v) is 10.4. The van der Waals surface area contributed by atoms with Gasteiger partial charge in [-0.2, -0.15) is 8.78 Å². The molecule has 1 saturated heterocycles. The monoisotopic (exact) mass is 548 g/mol. The summed E-state index contributed by atoms with van der Waals surface area (Å²) in [6, 6.07) is 0. The number of carbonyl (C=O) groups excluding carboxylic acids is 3. The fourth-order valence-corrected chi connectivity index (χ4v) is 8.99. The van der Waals surface area contributed by atoms with Crippen molar-refractivity contribution in [3.8, 4) is 0 Å². The molecule has 1 heterocycles. The molecule has 0 aromatic carbocycles. The molecule has 0 aromatic rings. The highest BCUT2D eigenvalue weighted by Gasteiger charge is 2.66. The molecule has 6 aliphatic carbocycles. The van der Waals surface area contributed by atoms with Crippen LogP contribution in [-0.4, -0.2) is 58.4 Å². The molecular formula is C24H30F2O10S. The predicted octanol–water partition coefficient (Wildman–Crippen LogP) is 3.43. The lowest BCUT2D eigenvalue weighted by Crippen LogP contribution is -2.66. The van der Waals surface area contributed by atoms with Crippen molar-refractivity contribution in [3.63, 3.8) is 0 Å². The molecule has 37 heavy (non-hydrogen) atoms. The summed E-state index contributed by atoms with van der Waals surface area (Å²) in [5, 5.41) is 7.30. The van der Waals surface area contributed by atoms with Crippen molar-refractivity contribution >= 4 is 30.0 Å². The number of hydrogen-bond donors (Lipinski definition) is 1. The minimum Gasteiger partial charge on any atom is -0.458 e. The van der Waals surface area contributed by atoms with Crippen molar-refractivity contribution in [1.29, 1.82) is 0 Å². The summed E-state index contributed by atoms with van der Waals surface area (Å²) in [6.45, 7) is 1.57. The fraction of sp³-hybridized carbons (Fsp3) is 0.875. The van der Waals surface area contributed by atoms with E-state index in [4.69, 9.17) is 24.2 Å². The van der Waals surface area contributed by atoms with Gasteiger partial charge in [-0.1, -0.05) is 12.0 Å². The lowest BCUT2D eigenvalue weighted by Gasteiger charge is -2.63. The van der Waals surface area contributed by atoms with Crippen molar-refractivity contribution < 1.29 is 56.7 Å². The molecule has 7 atom stereocenters. The summed E-state index contributed by atoms with van der Waals surface area (Å²) >= 11 is -0.630. The SMILES string of the molecule is CCC1(OC(=O)C(F)(F)SOOO)C2CC3CC1CC(OCC(=O)OC1C4CC5C(=O)OC1C5C4)(C3)C2.